The summed E-state index contributed by atoms with van der Waals surface area (Å²) in [6.07, 6.45) is -0.868. The van der Waals surface area contributed by atoms with Gasteiger partial charge in [0.15, 0.2) is 5.78 Å². The number of hydrogen-bond donors (Lipinski definition) is 2. The number of aliphatic hydroxyl groups excluding tert-OH is 1. The van der Waals surface area contributed by atoms with Gasteiger partial charge >= 0.3 is 0 Å². The lowest BCUT2D eigenvalue weighted by atomic mass is 10.0. The topological polar surface area (TPSA) is 88.2 Å². The van der Waals surface area contributed by atoms with E-state index < -0.39 is 24.2 Å². The summed E-state index contributed by atoms with van der Waals surface area (Å²) in [6, 6.07) is 6.79. The van der Waals surface area contributed by atoms with E-state index in [2.05, 4.69) is 5.32 Å². The van der Waals surface area contributed by atoms with Crippen molar-refractivity contribution in [2.75, 3.05) is 6.61 Å². The van der Waals surface area contributed by atoms with E-state index in [1.807, 2.05) is 6.92 Å². The lowest BCUT2D eigenvalue weighted by Gasteiger charge is -2.17. The third kappa shape index (κ3) is 2.55. The molecule has 1 aliphatic heterocycles. The van der Waals surface area contributed by atoms with Crippen LogP contribution >= 0.6 is 0 Å². The highest BCUT2D eigenvalue weighted by Gasteiger charge is 2.53. The van der Waals surface area contributed by atoms with Crippen molar-refractivity contribution in [2.45, 2.75) is 25.2 Å². The maximum atomic E-state index is 12.3. The molecular weight excluding hydrogens is 274 g/mol. The SMILES string of the molecule is CCOc1ccccc1C(=O)NC1=CC(=O)[C@H]2O[C@H]2[C@H]1O. The second-order valence-corrected chi connectivity index (χ2v) is 4.85. The van der Waals surface area contributed by atoms with Gasteiger partial charge in [0.25, 0.3) is 5.91 Å². The van der Waals surface area contributed by atoms with Gasteiger partial charge in [0.2, 0.25) is 0 Å². The van der Waals surface area contributed by atoms with Crippen LogP contribution in [0.4, 0.5) is 0 Å². The van der Waals surface area contributed by atoms with Crippen LogP contribution in [0, 0.1) is 0 Å². The van der Waals surface area contributed by atoms with Gasteiger partial charge in [0.05, 0.1) is 17.9 Å². The fourth-order valence-electron chi connectivity index (χ4n) is 2.33. The molecule has 1 aromatic carbocycles. The molecule has 1 heterocycles. The second-order valence-electron chi connectivity index (χ2n) is 4.85. The van der Waals surface area contributed by atoms with Gasteiger partial charge in [0.1, 0.15) is 24.1 Å². The first-order valence-electron chi connectivity index (χ1n) is 6.74. The van der Waals surface area contributed by atoms with Crippen LogP contribution in [0.1, 0.15) is 17.3 Å². The lowest BCUT2D eigenvalue weighted by Crippen LogP contribution is -2.37. The van der Waals surface area contributed by atoms with Crippen LogP contribution in [-0.4, -0.2) is 41.7 Å². The molecule has 0 bridgehead atoms. The van der Waals surface area contributed by atoms with Gasteiger partial charge in [-0.1, -0.05) is 12.1 Å². The average Bonchev–Trinajstić information content (AvgIpc) is 3.26. The van der Waals surface area contributed by atoms with Crippen LogP contribution in [0.3, 0.4) is 0 Å². The summed E-state index contributed by atoms with van der Waals surface area (Å²) in [6.45, 7) is 2.26. The highest BCUT2D eigenvalue weighted by atomic mass is 16.6. The van der Waals surface area contributed by atoms with Gasteiger partial charge in [0, 0.05) is 6.08 Å². The maximum absolute atomic E-state index is 12.3. The number of amides is 1. The number of hydrogen-bond acceptors (Lipinski definition) is 5. The summed E-state index contributed by atoms with van der Waals surface area (Å²) in [7, 11) is 0. The molecule has 1 amide bonds. The zero-order valence-electron chi connectivity index (χ0n) is 11.4. The monoisotopic (exact) mass is 289 g/mol. The zero-order valence-corrected chi connectivity index (χ0v) is 11.4. The third-order valence-corrected chi connectivity index (χ3v) is 3.42. The fraction of sp³-hybridized carbons (Fsp3) is 0.333. The largest absolute Gasteiger partial charge is 0.493 e. The molecule has 1 saturated heterocycles. The normalized spacial score (nSPS) is 26.7. The molecule has 1 aliphatic carbocycles. The van der Waals surface area contributed by atoms with Gasteiger partial charge in [-0.15, -0.1) is 0 Å². The lowest BCUT2D eigenvalue weighted by molar-refractivity contribution is -0.116. The minimum atomic E-state index is -0.990. The van der Waals surface area contributed by atoms with E-state index in [1.165, 1.54) is 6.08 Å². The van der Waals surface area contributed by atoms with Crippen molar-refractivity contribution in [3.63, 3.8) is 0 Å². The minimum Gasteiger partial charge on any atom is -0.493 e. The number of carbonyl (C=O) groups is 2. The smallest absolute Gasteiger partial charge is 0.259 e. The van der Waals surface area contributed by atoms with E-state index in [9.17, 15) is 14.7 Å². The van der Waals surface area contributed by atoms with Crippen LogP contribution in [0.2, 0.25) is 0 Å². The van der Waals surface area contributed by atoms with Gasteiger partial charge < -0.3 is 19.9 Å². The number of rotatable bonds is 4. The molecule has 2 N–H and O–H groups in total. The van der Waals surface area contributed by atoms with Crippen molar-refractivity contribution >= 4 is 11.7 Å². The molecule has 2 aliphatic rings. The summed E-state index contributed by atoms with van der Waals surface area (Å²) in [5.74, 6) is -0.217. The Morgan fingerprint density at radius 3 is 2.95 bits per heavy atom. The molecule has 1 aromatic rings. The predicted octanol–water partition coefficient (Wildman–Crippen LogP) is 0.410. The standard InChI is InChI=1S/C15H15NO5/c1-2-20-11-6-4-3-5-8(11)15(19)16-9-7-10(17)13-14(21-13)12(9)18/h3-7,12-14,18H,2H2,1H3,(H,16,19)/t12-,13+,14-/m0/s1. The van der Waals surface area contributed by atoms with Gasteiger partial charge in [-0.05, 0) is 19.1 Å². The molecule has 0 aromatic heterocycles. The molecule has 0 spiro atoms. The predicted molar refractivity (Wildman–Crippen MR) is 72.8 cm³/mol. The van der Waals surface area contributed by atoms with E-state index in [-0.39, 0.29) is 11.5 Å². The maximum Gasteiger partial charge on any atom is 0.259 e. The molecule has 1 fully saturated rings. The van der Waals surface area contributed by atoms with Crippen molar-refractivity contribution in [1.29, 1.82) is 0 Å². The Balaban J connectivity index is 1.79. The van der Waals surface area contributed by atoms with Gasteiger partial charge in [-0.2, -0.15) is 0 Å². The Morgan fingerprint density at radius 2 is 2.19 bits per heavy atom. The van der Waals surface area contributed by atoms with E-state index in [0.29, 0.717) is 17.9 Å². The first-order valence-corrected chi connectivity index (χ1v) is 6.74. The van der Waals surface area contributed by atoms with E-state index in [4.69, 9.17) is 9.47 Å². The quantitative estimate of drug-likeness (QED) is 0.784. The summed E-state index contributed by atoms with van der Waals surface area (Å²) < 4.78 is 10.4. The first-order chi connectivity index (χ1) is 10.1. The number of benzene rings is 1. The number of para-hydroxylation sites is 1. The molecule has 3 rings (SSSR count). The van der Waals surface area contributed by atoms with E-state index >= 15 is 0 Å². The van der Waals surface area contributed by atoms with Crippen LogP contribution in [0.25, 0.3) is 0 Å². The molecular formula is C15H15NO5. The summed E-state index contributed by atoms with van der Waals surface area (Å²) in [5.41, 5.74) is 0.508. The van der Waals surface area contributed by atoms with Gasteiger partial charge in [-0.3, -0.25) is 9.59 Å². The molecule has 0 saturated carbocycles. The number of carbonyl (C=O) groups excluding carboxylic acids is 2. The molecule has 0 radical (unpaired) electrons. The minimum absolute atomic E-state index is 0.162. The van der Waals surface area contributed by atoms with E-state index in [1.54, 1.807) is 24.3 Å². The Labute approximate surface area is 121 Å². The Morgan fingerprint density at radius 1 is 1.43 bits per heavy atom. The summed E-state index contributed by atoms with van der Waals surface area (Å²) >= 11 is 0. The van der Waals surface area contributed by atoms with Crippen molar-refractivity contribution in [1.82, 2.24) is 5.32 Å². The van der Waals surface area contributed by atoms with Crippen LogP contribution in [0.15, 0.2) is 36.0 Å². The molecule has 0 unspecified atom stereocenters. The molecule has 3 atom stereocenters. The zero-order chi connectivity index (χ0) is 15.0. The highest BCUT2D eigenvalue weighted by molar-refractivity contribution is 6.01. The van der Waals surface area contributed by atoms with Crippen LogP contribution < -0.4 is 10.1 Å². The highest BCUT2D eigenvalue weighted by Crippen LogP contribution is 2.33. The van der Waals surface area contributed by atoms with Crippen molar-refractivity contribution in [2.24, 2.45) is 0 Å². The summed E-state index contributed by atoms with van der Waals surface area (Å²) in [4.78, 5) is 23.9. The summed E-state index contributed by atoms with van der Waals surface area (Å²) in [5, 5.41) is 12.5. The fourth-order valence-corrected chi connectivity index (χ4v) is 2.33. The van der Waals surface area contributed by atoms with Crippen LogP contribution in [0.5, 0.6) is 5.75 Å². The number of aliphatic hydroxyl groups is 1. The number of ether oxygens (including phenoxy) is 2. The molecule has 6 heteroatoms. The molecule has 21 heavy (non-hydrogen) atoms. The number of epoxide rings is 1. The van der Waals surface area contributed by atoms with Crippen LogP contribution in [-0.2, 0) is 9.53 Å². The number of nitrogens with one attached hydrogen (secondary N) is 1. The van der Waals surface area contributed by atoms with Gasteiger partial charge in [-0.25, -0.2) is 0 Å². The third-order valence-electron chi connectivity index (χ3n) is 3.42. The first kappa shape index (κ1) is 13.8. The van der Waals surface area contributed by atoms with Crippen molar-refractivity contribution in [3.05, 3.63) is 41.6 Å². The molecule has 110 valence electrons. The Hall–Kier alpha value is -2.18. The van der Waals surface area contributed by atoms with Crippen molar-refractivity contribution in [3.8, 4) is 5.75 Å². The van der Waals surface area contributed by atoms with Crippen molar-refractivity contribution < 1.29 is 24.2 Å². The molecule has 6 nitrogen and oxygen atoms in total. The average molecular weight is 289 g/mol. The number of fused-ring (bicyclic) bond motifs is 1. The Kier molecular flexibility index (Phi) is 3.48. The second kappa shape index (κ2) is 5.31. The number of ketones is 1. The van der Waals surface area contributed by atoms with E-state index in [0.717, 1.165) is 0 Å². The Bertz CT molecular complexity index is 624.